The number of thiophene rings is 1. The lowest BCUT2D eigenvalue weighted by Crippen LogP contribution is -2.36. The molecule has 0 spiro atoms. The predicted octanol–water partition coefficient (Wildman–Crippen LogP) is 2.69. The third kappa shape index (κ3) is 1.97. The summed E-state index contributed by atoms with van der Waals surface area (Å²) in [4.78, 5) is 14.4. The Hall–Kier alpha value is -1.65. The first kappa shape index (κ1) is 12.4. The van der Waals surface area contributed by atoms with Gasteiger partial charge in [-0.15, -0.1) is 11.3 Å². The van der Waals surface area contributed by atoms with Crippen molar-refractivity contribution in [1.82, 2.24) is 0 Å². The van der Waals surface area contributed by atoms with Gasteiger partial charge in [-0.1, -0.05) is 25.1 Å². The largest absolute Gasteiger partial charge is 0.375 e. The quantitative estimate of drug-likeness (QED) is 0.903. The lowest BCUT2D eigenvalue weighted by molar-refractivity contribution is -0.133. The lowest BCUT2D eigenvalue weighted by Gasteiger charge is -2.19. The Kier molecular flexibility index (Phi) is 2.92. The maximum Gasteiger partial charge on any atom is 0.261 e. The molecule has 0 saturated heterocycles. The van der Waals surface area contributed by atoms with Gasteiger partial charge in [0, 0.05) is 27.4 Å². The number of aliphatic hydroxyl groups is 1. The summed E-state index contributed by atoms with van der Waals surface area (Å²) in [6, 6.07) is 11.4. The molecule has 1 unspecified atom stereocenters. The number of nitrogens with one attached hydrogen (secondary N) is 1. The molecule has 1 amide bonds. The Morgan fingerprint density at radius 1 is 1.21 bits per heavy atom. The molecule has 2 heterocycles. The second-order valence-corrected chi connectivity index (χ2v) is 6.01. The number of benzene rings is 1. The summed E-state index contributed by atoms with van der Waals surface area (Å²) in [6.45, 7) is 2.10. The topological polar surface area (TPSA) is 49.3 Å². The van der Waals surface area contributed by atoms with E-state index in [2.05, 4.69) is 18.3 Å². The van der Waals surface area contributed by atoms with E-state index >= 15 is 0 Å². The Morgan fingerprint density at radius 3 is 2.68 bits per heavy atom. The molecule has 98 valence electrons. The summed E-state index contributed by atoms with van der Waals surface area (Å²) < 4.78 is 0. The second-order valence-electron chi connectivity index (χ2n) is 4.76. The van der Waals surface area contributed by atoms with Gasteiger partial charge in [-0.3, -0.25) is 4.79 Å². The predicted molar refractivity (Wildman–Crippen MR) is 76.4 cm³/mol. The van der Waals surface area contributed by atoms with Crippen LogP contribution in [0.15, 0.2) is 36.4 Å². The minimum absolute atomic E-state index is 0.333. The minimum Gasteiger partial charge on any atom is -0.375 e. The third-order valence-electron chi connectivity index (χ3n) is 3.49. The molecule has 3 nitrogen and oxygen atoms in total. The highest BCUT2D eigenvalue weighted by Gasteiger charge is 2.45. The number of hydrogen-bond donors (Lipinski definition) is 2. The fourth-order valence-corrected chi connectivity index (χ4v) is 3.47. The molecule has 2 N–H and O–H groups in total. The van der Waals surface area contributed by atoms with E-state index in [0.29, 0.717) is 17.7 Å². The van der Waals surface area contributed by atoms with Crippen molar-refractivity contribution in [3.63, 3.8) is 0 Å². The van der Waals surface area contributed by atoms with Crippen molar-refractivity contribution >= 4 is 22.9 Å². The highest BCUT2D eigenvalue weighted by molar-refractivity contribution is 7.12. The van der Waals surface area contributed by atoms with Gasteiger partial charge in [-0.05, 0) is 24.6 Å². The molecule has 1 aliphatic heterocycles. The van der Waals surface area contributed by atoms with Crippen LogP contribution in [0.1, 0.15) is 22.2 Å². The van der Waals surface area contributed by atoms with Crippen molar-refractivity contribution in [2.45, 2.75) is 25.4 Å². The number of anilines is 1. The molecular formula is C15H15NO2S. The molecule has 19 heavy (non-hydrogen) atoms. The summed E-state index contributed by atoms with van der Waals surface area (Å²) in [5, 5.41) is 13.5. The summed E-state index contributed by atoms with van der Waals surface area (Å²) in [7, 11) is 0. The number of carbonyl (C=O) groups excluding carboxylic acids is 1. The van der Waals surface area contributed by atoms with Gasteiger partial charge < -0.3 is 10.4 Å². The smallest absolute Gasteiger partial charge is 0.261 e. The van der Waals surface area contributed by atoms with E-state index in [0.717, 1.165) is 11.3 Å². The molecule has 0 aliphatic carbocycles. The van der Waals surface area contributed by atoms with Crippen molar-refractivity contribution in [2.24, 2.45) is 0 Å². The Labute approximate surface area is 115 Å². The fourth-order valence-electron chi connectivity index (χ4n) is 2.44. The Morgan fingerprint density at radius 2 is 1.95 bits per heavy atom. The van der Waals surface area contributed by atoms with Gasteiger partial charge >= 0.3 is 0 Å². The van der Waals surface area contributed by atoms with Crippen LogP contribution in [0.5, 0.6) is 0 Å². The third-order valence-corrected chi connectivity index (χ3v) is 4.72. The van der Waals surface area contributed by atoms with Crippen molar-refractivity contribution in [3.05, 3.63) is 51.7 Å². The van der Waals surface area contributed by atoms with Crippen LogP contribution in [-0.4, -0.2) is 11.0 Å². The van der Waals surface area contributed by atoms with E-state index in [1.54, 1.807) is 11.3 Å². The Balaban J connectivity index is 1.96. The van der Waals surface area contributed by atoms with Crippen LogP contribution in [0.3, 0.4) is 0 Å². The number of hydrogen-bond acceptors (Lipinski definition) is 3. The first-order valence-electron chi connectivity index (χ1n) is 6.34. The van der Waals surface area contributed by atoms with Gasteiger partial charge in [0.1, 0.15) is 0 Å². The average molecular weight is 273 g/mol. The highest BCUT2D eigenvalue weighted by Crippen LogP contribution is 2.39. The molecular weight excluding hydrogens is 258 g/mol. The van der Waals surface area contributed by atoms with E-state index in [1.165, 1.54) is 4.88 Å². The number of rotatable bonds is 3. The first-order chi connectivity index (χ1) is 9.13. The molecule has 0 saturated carbocycles. The van der Waals surface area contributed by atoms with Crippen molar-refractivity contribution < 1.29 is 9.90 Å². The number of fused-ring (bicyclic) bond motifs is 1. The molecule has 1 aromatic carbocycles. The van der Waals surface area contributed by atoms with E-state index in [9.17, 15) is 9.90 Å². The summed E-state index contributed by atoms with van der Waals surface area (Å²) in [5.74, 6) is -0.333. The first-order valence-corrected chi connectivity index (χ1v) is 7.16. The van der Waals surface area contributed by atoms with E-state index in [1.807, 2.05) is 30.3 Å². The van der Waals surface area contributed by atoms with Crippen LogP contribution >= 0.6 is 11.3 Å². The molecule has 4 heteroatoms. The summed E-state index contributed by atoms with van der Waals surface area (Å²) in [5.41, 5.74) is -0.0550. The standard InChI is InChI=1S/C15H15NO2S/c1-2-10-7-8-11(19-10)9-15(18)12-5-3-4-6-13(12)16-14(15)17/h3-8,18H,2,9H2,1H3,(H,16,17). The molecule has 2 aromatic rings. The van der Waals surface area contributed by atoms with Crippen molar-refractivity contribution in [2.75, 3.05) is 5.32 Å². The fraction of sp³-hybridized carbons (Fsp3) is 0.267. The average Bonchev–Trinajstić information content (AvgIpc) is 2.95. The molecule has 3 rings (SSSR count). The summed E-state index contributed by atoms with van der Waals surface area (Å²) >= 11 is 1.65. The molecule has 1 atom stereocenters. The SMILES string of the molecule is CCc1ccc(CC2(O)C(=O)Nc3ccccc32)s1. The van der Waals surface area contributed by atoms with Crippen LogP contribution in [0, 0.1) is 0 Å². The zero-order chi connectivity index (χ0) is 13.5. The summed E-state index contributed by atoms with van der Waals surface area (Å²) in [6.07, 6.45) is 1.31. The maximum atomic E-state index is 12.1. The van der Waals surface area contributed by atoms with Gasteiger partial charge in [0.15, 0.2) is 5.60 Å². The number of amides is 1. The van der Waals surface area contributed by atoms with Gasteiger partial charge in [0.25, 0.3) is 5.91 Å². The molecule has 0 radical (unpaired) electrons. The normalized spacial score (nSPS) is 21.3. The van der Waals surface area contributed by atoms with E-state index in [4.69, 9.17) is 0 Å². The van der Waals surface area contributed by atoms with Gasteiger partial charge in [-0.2, -0.15) is 0 Å². The second kappa shape index (κ2) is 4.47. The van der Waals surface area contributed by atoms with Crippen LogP contribution in [0.25, 0.3) is 0 Å². The molecule has 0 bridgehead atoms. The molecule has 1 aliphatic rings. The molecule has 1 aromatic heterocycles. The maximum absolute atomic E-state index is 12.1. The van der Waals surface area contributed by atoms with Gasteiger partial charge in [-0.25, -0.2) is 0 Å². The molecule has 0 fully saturated rings. The van der Waals surface area contributed by atoms with E-state index in [-0.39, 0.29) is 5.91 Å². The van der Waals surface area contributed by atoms with Crippen LogP contribution in [0.4, 0.5) is 5.69 Å². The Bertz CT molecular complexity index is 635. The van der Waals surface area contributed by atoms with E-state index < -0.39 is 5.60 Å². The number of para-hydroxylation sites is 1. The lowest BCUT2D eigenvalue weighted by atomic mass is 9.91. The van der Waals surface area contributed by atoms with Gasteiger partial charge in [0.05, 0.1) is 0 Å². The van der Waals surface area contributed by atoms with Crippen LogP contribution in [0.2, 0.25) is 0 Å². The van der Waals surface area contributed by atoms with Crippen molar-refractivity contribution in [3.8, 4) is 0 Å². The van der Waals surface area contributed by atoms with Crippen LogP contribution < -0.4 is 5.32 Å². The number of carbonyl (C=O) groups is 1. The monoisotopic (exact) mass is 273 g/mol. The van der Waals surface area contributed by atoms with Crippen LogP contribution in [-0.2, 0) is 23.2 Å². The zero-order valence-corrected chi connectivity index (χ0v) is 11.5. The number of aryl methyl sites for hydroxylation is 1. The zero-order valence-electron chi connectivity index (χ0n) is 10.6. The minimum atomic E-state index is -1.44. The highest BCUT2D eigenvalue weighted by atomic mass is 32.1. The van der Waals surface area contributed by atoms with Crippen molar-refractivity contribution in [1.29, 1.82) is 0 Å². The van der Waals surface area contributed by atoms with Gasteiger partial charge in [0.2, 0.25) is 0 Å².